The van der Waals surface area contributed by atoms with Crippen LogP contribution in [0.15, 0.2) is 30.7 Å². The molecule has 0 spiro atoms. The minimum atomic E-state index is -0.570. The molecule has 0 unspecified atom stereocenters. The Labute approximate surface area is 162 Å². The van der Waals surface area contributed by atoms with Crippen molar-refractivity contribution in [1.29, 1.82) is 0 Å². The molecular weight excluding hydrogens is 373 g/mol. The quantitative estimate of drug-likeness (QED) is 0.716. The molecule has 8 heteroatoms. The summed E-state index contributed by atoms with van der Waals surface area (Å²) in [4.78, 5) is 22.6. The molecule has 1 aromatic carbocycles. The van der Waals surface area contributed by atoms with Crippen LogP contribution in [0, 0.1) is 5.82 Å². The van der Waals surface area contributed by atoms with Crippen LogP contribution in [0.3, 0.4) is 0 Å². The van der Waals surface area contributed by atoms with E-state index in [0.717, 1.165) is 12.8 Å². The first-order valence-electron chi connectivity index (χ1n) is 8.80. The minimum absolute atomic E-state index is 0.0230. The summed E-state index contributed by atoms with van der Waals surface area (Å²) in [5.74, 6) is -0.463. The van der Waals surface area contributed by atoms with Gasteiger partial charge in [0.2, 0.25) is 0 Å². The number of carbonyl (C=O) groups excluding carboxylic acids is 1. The van der Waals surface area contributed by atoms with E-state index < -0.39 is 5.82 Å². The third-order valence-electron chi connectivity index (χ3n) is 4.35. The van der Waals surface area contributed by atoms with Gasteiger partial charge in [0.1, 0.15) is 17.9 Å². The topological polar surface area (TPSA) is 64.6 Å². The highest BCUT2D eigenvalue weighted by Crippen LogP contribution is 2.29. The number of nitrogens with zero attached hydrogens (tertiary/aromatic N) is 3. The normalized spacial score (nSPS) is 15.0. The van der Waals surface area contributed by atoms with Crippen LogP contribution in [0.2, 0.25) is 5.15 Å². The molecule has 3 rings (SSSR count). The molecule has 2 aromatic rings. The van der Waals surface area contributed by atoms with E-state index in [9.17, 15) is 9.18 Å². The SMILES string of the molecule is CC(C)N(C(=O)c1cc(F)cc(Oc2cncnc2Cl)c1)C1CCOCC1. The fraction of sp³-hybridized carbons (Fsp3) is 0.421. The monoisotopic (exact) mass is 393 g/mol. The van der Waals surface area contributed by atoms with Crippen LogP contribution in [0.5, 0.6) is 11.5 Å². The standard InChI is InChI=1S/C19H21ClFN3O3/c1-12(2)24(15-3-5-26-6-4-15)19(25)13-7-14(21)9-16(8-13)27-17-10-22-11-23-18(17)20/h7-12,15H,3-6H2,1-2H3. The van der Waals surface area contributed by atoms with Crippen LogP contribution in [0.25, 0.3) is 0 Å². The largest absolute Gasteiger partial charge is 0.452 e. The van der Waals surface area contributed by atoms with E-state index in [4.69, 9.17) is 21.1 Å². The van der Waals surface area contributed by atoms with Gasteiger partial charge in [-0.05, 0) is 38.8 Å². The van der Waals surface area contributed by atoms with Gasteiger partial charge in [-0.1, -0.05) is 11.6 Å². The maximum absolute atomic E-state index is 14.2. The van der Waals surface area contributed by atoms with Crippen LogP contribution in [0.4, 0.5) is 4.39 Å². The van der Waals surface area contributed by atoms with E-state index in [2.05, 4.69) is 9.97 Å². The van der Waals surface area contributed by atoms with Crippen molar-refractivity contribution in [2.75, 3.05) is 13.2 Å². The Bertz CT molecular complexity index is 813. The Balaban J connectivity index is 1.87. The number of halogens is 2. The van der Waals surface area contributed by atoms with Crippen LogP contribution >= 0.6 is 11.6 Å². The minimum Gasteiger partial charge on any atom is -0.452 e. The number of ether oxygens (including phenoxy) is 2. The molecule has 0 radical (unpaired) electrons. The Kier molecular flexibility index (Phi) is 6.23. The Morgan fingerprint density at radius 1 is 1.33 bits per heavy atom. The number of rotatable bonds is 5. The first kappa shape index (κ1) is 19.5. The van der Waals surface area contributed by atoms with Gasteiger partial charge >= 0.3 is 0 Å². The van der Waals surface area contributed by atoms with Crippen molar-refractivity contribution < 1.29 is 18.7 Å². The summed E-state index contributed by atoms with van der Waals surface area (Å²) in [7, 11) is 0. The van der Waals surface area contributed by atoms with Gasteiger partial charge in [-0.15, -0.1) is 0 Å². The van der Waals surface area contributed by atoms with E-state index >= 15 is 0 Å². The molecular formula is C19H21ClFN3O3. The number of hydrogen-bond donors (Lipinski definition) is 0. The third kappa shape index (κ3) is 4.73. The van der Waals surface area contributed by atoms with Crippen molar-refractivity contribution in [3.8, 4) is 11.5 Å². The summed E-state index contributed by atoms with van der Waals surface area (Å²) in [6, 6.07) is 3.95. The molecule has 0 saturated carbocycles. The lowest BCUT2D eigenvalue weighted by Crippen LogP contribution is -2.47. The van der Waals surface area contributed by atoms with Crippen LogP contribution in [-0.2, 0) is 4.74 Å². The molecule has 0 N–H and O–H groups in total. The summed E-state index contributed by atoms with van der Waals surface area (Å²) in [6.07, 6.45) is 4.19. The fourth-order valence-electron chi connectivity index (χ4n) is 3.18. The smallest absolute Gasteiger partial charge is 0.254 e. The van der Waals surface area contributed by atoms with Gasteiger partial charge in [-0.2, -0.15) is 0 Å². The Morgan fingerprint density at radius 2 is 2.07 bits per heavy atom. The summed E-state index contributed by atoms with van der Waals surface area (Å²) in [6.45, 7) is 5.13. The summed E-state index contributed by atoms with van der Waals surface area (Å²) < 4.78 is 25.1. The van der Waals surface area contributed by atoms with Gasteiger partial charge in [0.25, 0.3) is 5.91 Å². The fourth-order valence-corrected chi connectivity index (χ4v) is 3.31. The van der Waals surface area contributed by atoms with Gasteiger partial charge in [-0.25, -0.2) is 14.4 Å². The molecule has 0 aliphatic carbocycles. The predicted octanol–water partition coefficient (Wildman–Crippen LogP) is 4.09. The van der Waals surface area contributed by atoms with Crippen molar-refractivity contribution >= 4 is 17.5 Å². The zero-order chi connectivity index (χ0) is 19.4. The molecule has 0 bridgehead atoms. The van der Waals surface area contributed by atoms with Crippen LogP contribution in [0.1, 0.15) is 37.0 Å². The van der Waals surface area contributed by atoms with Crippen LogP contribution in [-0.4, -0.2) is 46.1 Å². The molecule has 1 aromatic heterocycles. The molecule has 144 valence electrons. The first-order chi connectivity index (χ1) is 13.0. The van der Waals surface area contributed by atoms with Crippen molar-refractivity contribution in [2.45, 2.75) is 38.8 Å². The van der Waals surface area contributed by atoms with Crippen molar-refractivity contribution in [3.05, 3.63) is 47.3 Å². The van der Waals surface area contributed by atoms with Gasteiger partial charge in [0, 0.05) is 36.9 Å². The molecule has 1 saturated heterocycles. The lowest BCUT2D eigenvalue weighted by molar-refractivity contribution is 0.0205. The van der Waals surface area contributed by atoms with Gasteiger partial charge < -0.3 is 14.4 Å². The molecule has 6 nitrogen and oxygen atoms in total. The van der Waals surface area contributed by atoms with Crippen molar-refractivity contribution in [1.82, 2.24) is 14.9 Å². The highest BCUT2D eigenvalue weighted by atomic mass is 35.5. The van der Waals surface area contributed by atoms with Gasteiger partial charge in [-0.3, -0.25) is 4.79 Å². The van der Waals surface area contributed by atoms with Gasteiger partial charge in [0.15, 0.2) is 10.9 Å². The lowest BCUT2D eigenvalue weighted by atomic mass is 10.0. The number of aromatic nitrogens is 2. The average Bonchev–Trinajstić information content (AvgIpc) is 2.64. The zero-order valence-electron chi connectivity index (χ0n) is 15.2. The molecule has 0 atom stereocenters. The molecule has 1 aliphatic heterocycles. The molecule has 1 fully saturated rings. The summed E-state index contributed by atoms with van der Waals surface area (Å²) in [5, 5.41) is 0.105. The Morgan fingerprint density at radius 3 is 2.74 bits per heavy atom. The number of amides is 1. The Hall–Kier alpha value is -2.25. The number of benzene rings is 1. The average molecular weight is 394 g/mol. The highest BCUT2D eigenvalue weighted by Gasteiger charge is 2.29. The number of hydrogen-bond acceptors (Lipinski definition) is 5. The van der Waals surface area contributed by atoms with E-state index in [1.165, 1.54) is 30.7 Å². The zero-order valence-corrected chi connectivity index (χ0v) is 15.9. The molecule has 1 amide bonds. The maximum atomic E-state index is 14.2. The second-order valence-corrected chi connectivity index (χ2v) is 6.96. The van der Waals surface area contributed by atoms with E-state index in [-0.39, 0.29) is 40.2 Å². The molecule has 27 heavy (non-hydrogen) atoms. The number of carbonyl (C=O) groups is 1. The van der Waals surface area contributed by atoms with E-state index in [1.807, 2.05) is 13.8 Å². The van der Waals surface area contributed by atoms with E-state index in [1.54, 1.807) is 4.90 Å². The lowest BCUT2D eigenvalue weighted by Gasteiger charge is -2.37. The van der Waals surface area contributed by atoms with Crippen LogP contribution < -0.4 is 4.74 Å². The second kappa shape index (κ2) is 8.63. The third-order valence-corrected chi connectivity index (χ3v) is 4.64. The highest BCUT2D eigenvalue weighted by molar-refractivity contribution is 6.30. The van der Waals surface area contributed by atoms with Crippen molar-refractivity contribution in [2.24, 2.45) is 0 Å². The first-order valence-corrected chi connectivity index (χ1v) is 9.18. The van der Waals surface area contributed by atoms with Crippen molar-refractivity contribution in [3.63, 3.8) is 0 Å². The summed E-state index contributed by atoms with van der Waals surface area (Å²) in [5.41, 5.74) is 0.221. The molecule has 1 aliphatic rings. The molecule has 2 heterocycles. The summed E-state index contributed by atoms with van der Waals surface area (Å²) >= 11 is 5.95. The predicted molar refractivity (Wildman–Crippen MR) is 98.7 cm³/mol. The van der Waals surface area contributed by atoms with E-state index in [0.29, 0.717) is 13.2 Å². The van der Waals surface area contributed by atoms with Gasteiger partial charge in [0.05, 0.1) is 6.20 Å². The maximum Gasteiger partial charge on any atom is 0.254 e. The second-order valence-electron chi connectivity index (χ2n) is 6.61.